The molecule has 0 aliphatic carbocycles. The number of thiol groups is 2. The quantitative estimate of drug-likeness (QED) is 0.111. The van der Waals surface area contributed by atoms with Gasteiger partial charge in [-0.1, -0.05) is 0 Å². The van der Waals surface area contributed by atoms with Gasteiger partial charge in [0.1, 0.15) is 0 Å². The third-order valence-electron chi connectivity index (χ3n) is 8.34. The Morgan fingerprint density at radius 2 is 0.833 bits per heavy atom. The molecule has 0 saturated heterocycles. The maximum Gasteiger partial charge on any atom is -0.813 e. The molecule has 0 N–H and O–H groups in total. The molecule has 0 saturated carbocycles. The number of hydrogen-bond acceptors (Lipinski definition) is 2. The van der Waals surface area contributed by atoms with Crippen molar-refractivity contribution in [1.82, 2.24) is 0 Å². The van der Waals surface area contributed by atoms with Crippen molar-refractivity contribution in [1.29, 1.82) is 0 Å². The molecule has 0 unspecified atom stereocenters. The first kappa shape index (κ1) is 36.3. The minimum atomic E-state index is -0.669. The van der Waals surface area contributed by atoms with E-state index in [1.54, 1.807) is 19.9 Å². The fraction of sp³-hybridized carbons (Fsp3) is 0.385. The molecule has 4 aromatic rings. The molecule has 3 heteroatoms. The SMILES string of the molecule is Cc1cc(C)c(-c2cccc(-c3c(C)cc(C)cc3C)[c]2[Ge][c]2c(C(C)C)cc(C(C)C)cc2C(C)C)c(C)c1.[SH-].[SH-]. The smallest absolute Gasteiger partial charge is 0.813 e. The number of rotatable bonds is 7. The van der Waals surface area contributed by atoms with Crippen LogP contribution in [0.3, 0.4) is 0 Å². The molecule has 0 spiro atoms. The van der Waals surface area contributed by atoms with Gasteiger partial charge in [-0.15, -0.1) is 0 Å². The van der Waals surface area contributed by atoms with Crippen molar-refractivity contribution < 1.29 is 0 Å². The molecule has 4 rings (SSSR count). The Morgan fingerprint density at radius 1 is 0.476 bits per heavy atom. The third-order valence-corrected chi connectivity index (χ3v) is 11.7. The Kier molecular flexibility index (Phi) is 12.7. The van der Waals surface area contributed by atoms with Crippen LogP contribution in [0.1, 0.15) is 109 Å². The molecule has 2 radical (unpaired) electrons. The molecular formula is C39H50GeS2-2. The van der Waals surface area contributed by atoms with Gasteiger partial charge in [-0.25, -0.2) is 0 Å². The average Bonchev–Trinajstić information content (AvgIpc) is 2.83. The Bertz CT molecular complexity index is 1410. The summed E-state index contributed by atoms with van der Waals surface area (Å²) in [7, 11) is 0. The maximum atomic E-state index is 2.53. The molecule has 0 aliphatic heterocycles. The second-order valence-corrected chi connectivity index (χ2v) is 15.6. The monoisotopic (exact) mass is 656 g/mol. The van der Waals surface area contributed by atoms with E-state index in [-0.39, 0.29) is 27.0 Å². The van der Waals surface area contributed by atoms with Crippen LogP contribution in [0, 0.1) is 41.5 Å². The molecule has 0 bridgehead atoms. The van der Waals surface area contributed by atoms with Crippen LogP contribution >= 0.6 is 0 Å². The van der Waals surface area contributed by atoms with E-state index in [2.05, 4.69) is 138 Å². The average molecular weight is 656 g/mol. The molecule has 42 heavy (non-hydrogen) atoms. The number of aryl methyl sites for hydroxylation is 6. The summed E-state index contributed by atoms with van der Waals surface area (Å²) in [5.41, 5.74) is 18.5. The molecule has 224 valence electrons. The van der Waals surface area contributed by atoms with E-state index < -0.39 is 15.4 Å². The first-order valence-corrected chi connectivity index (χ1v) is 17.1. The van der Waals surface area contributed by atoms with Crippen molar-refractivity contribution in [2.75, 3.05) is 0 Å². The van der Waals surface area contributed by atoms with Crippen LogP contribution < -0.4 is 8.79 Å². The first-order chi connectivity index (χ1) is 18.8. The van der Waals surface area contributed by atoms with E-state index in [0.717, 1.165) is 0 Å². The maximum absolute atomic E-state index is 2.53. The van der Waals surface area contributed by atoms with Crippen molar-refractivity contribution in [3.63, 3.8) is 0 Å². The molecule has 0 nitrogen and oxygen atoms in total. The van der Waals surface area contributed by atoms with Gasteiger partial charge in [0.05, 0.1) is 0 Å². The van der Waals surface area contributed by atoms with Crippen molar-refractivity contribution in [3.8, 4) is 22.3 Å². The third kappa shape index (κ3) is 7.42. The van der Waals surface area contributed by atoms with Gasteiger partial charge in [-0.3, -0.25) is 0 Å². The molecule has 0 aliphatic rings. The summed E-state index contributed by atoms with van der Waals surface area (Å²) >= 11 is -0.669. The van der Waals surface area contributed by atoms with Gasteiger partial charge in [-0.2, -0.15) is 0 Å². The first-order valence-electron chi connectivity index (χ1n) is 15.0. The summed E-state index contributed by atoms with van der Waals surface area (Å²) in [4.78, 5) is 0. The van der Waals surface area contributed by atoms with Crippen molar-refractivity contribution >= 4 is 51.2 Å². The fourth-order valence-corrected chi connectivity index (χ4v) is 10.6. The van der Waals surface area contributed by atoms with Crippen LogP contribution in [0.25, 0.3) is 22.3 Å². The Hall–Kier alpha value is -1.88. The zero-order valence-corrected chi connectivity index (χ0v) is 31.7. The fourth-order valence-electron chi connectivity index (χ4n) is 6.54. The topological polar surface area (TPSA) is 0 Å². The summed E-state index contributed by atoms with van der Waals surface area (Å²) in [5, 5.41) is 0. The van der Waals surface area contributed by atoms with Gasteiger partial charge in [0.2, 0.25) is 0 Å². The zero-order valence-electron chi connectivity index (χ0n) is 27.8. The molecule has 0 atom stereocenters. The van der Waals surface area contributed by atoms with Gasteiger partial charge in [-0.05, 0) is 0 Å². The van der Waals surface area contributed by atoms with Crippen molar-refractivity contribution in [3.05, 3.63) is 105 Å². The Labute approximate surface area is 277 Å². The van der Waals surface area contributed by atoms with Crippen LogP contribution in [0.15, 0.2) is 54.6 Å². The van der Waals surface area contributed by atoms with E-state index in [0.29, 0.717) is 17.8 Å². The van der Waals surface area contributed by atoms with Crippen LogP contribution in [0.2, 0.25) is 0 Å². The van der Waals surface area contributed by atoms with Gasteiger partial charge in [0, 0.05) is 0 Å². The summed E-state index contributed by atoms with van der Waals surface area (Å²) in [6.07, 6.45) is 0. The van der Waals surface area contributed by atoms with E-state index in [1.807, 2.05) is 0 Å². The van der Waals surface area contributed by atoms with Gasteiger partial charge in [0.25, 0.3) is 0 Å². The summed E-state index contributed by atoms with van der Waals surface area (Å²) < 4.78 is 3.22. The number of benzene rings is 4. The molecule has 0 heterocycles. The molecule has 0 amide bonds. The Morgan fingerprint density at radius 3 is 1.14 bits per heavy atom. The summed E-state index contributed by atoms with van der Waals surface area (Å²) in [5.74, 6) is 1.52. The van der Waals surface area contributed by atoms with Crippen LogP contribution in [0.4, 0.5) is 0 Å². The van der Waals surface area contributed by atoms with E-state index in [9.17, 15) is 0 Å². The summed E-state index contributed by atoms with van der Waals surface area (Å²) in [6.45, 7) is 27.8. The van der Waals surface area contributed by atoms with E-state index in [1.165, 1.54) is 61.2 Å². The van der Waals surface area contributed by atoms with E-state index in [4.69, 9.17) is 0 Å². The van der Waals surface area contributed by atoms with Crippen LogP contribution in [-0.2, 0) is 27.0 Å². The molecule has 0 fully saturated rings. The largest absolute Gasteiger partial charge is 0.813 e. The van der Waals surface area contributed by atoms with Gasteiger partial charge in [0.15, 0.2) is 0 Å². The van der Waals surface area contributed by atoms with Crippen LogP contribution in [0.5, 0.6) is 0 Å². The van der Waals surface area contributed by atoms with Gasteiger partial charge >= 0.3 is 252 Å². The molecule has 0 aromatic heterocycles. The zero-order chi connectivity index (χ0) is 29.5. The normalized spacial score (nSPS) is 11.2. The second kappa shape index (κ2) is 14.7. The molecule has 4 aromatic carbocycles. The number of hydrogen-bond donors (Lipinski definition) is 0. The standard InChI is InChI=1S/C39H48Ge.2H2S/c1-22(2)31-20-34(23(3)4)39(35(21-31)24(5)6)40-38-32(36-27(9)16-25(7)17-28(36)10)14-13-15-33(38)37-29(11)18-26(8)19-30(37)12;;/h13-24H,1-12H3;2*1H2/p-2. The second-order valence-electron chi connectivity index (χ2n) is 12.9. The Balaban J connectivity index is 0.00000308. The minimum absolute atomic E-state index is 0. The predicted molar refractivity (Wildman–Crippen MR) is 197 cm³/mol. The van der Waals surface area contributed by atoms with Crippen molar-refractivity contribution in [2.24, 2.45) is 0 Å². The minimum Gasteiger partial charge on any atom is -0.813 e. The summed E-state index contributed by atoms with van der Waals surface area (Å²) in [6, 6.07) is 21.6. The van der Waals surface area contributed by atoms with Crippen molar-refractivity contribution in [2.45, 2.75) is 101 Å². The van der Waals surface area contributed by atoms with Crippen LogP contribution in [-0.4, -0.2) is 15.4 Å². The predicted octanol–water partition coefficient (Wildman–Crippen LogP) is 9.36. The van der Waals surface area contributed by atoms with E-state index >= 15 is 0 Å². The van der Waals surface area contributed by atoms with Gasteiger partial charge < -0.3 is 27.0 Å². The molecular weight excluding hydrogens is 605 g/mol.